The molecule has 1 aromatic rings. The highest BCUT2D eigenvalue weighted by Gasteiger charge is 1.93. The molecule has 4 heteroatoms. The van der Waals surface area contributed by atoms with Crippen LogP contribution in [-0.2, 0) is 6.54 Å². The Hall–Kier alpha value is -1.09. The van der Waals surface area contributed by atoms with Crippen LogP contribution >= 0.6 is 11.6 Å². The summed E-state index contributed by atoms with van der Waals surface area (Å²) >= 11 is 5.47. The normalized spacial score (nSPS) is 9.55. The fourth-order valence-electron chi connectivity index (χ4n) is 0.680. The van der Waals surface area contributed by atoms with Gasteiger partial charge in [-0.3, -0.25) is 9.36 Å². The van der Waals surface area contributed by atoms with E-state index in [-0.39, 0.29) is 10.7 Å². The fraction of sp³-hybridized carbons (Fsp3) is 0.143. The molecule has 0 saturated heterocycles. The van der Waals surface area contributed by atoms with Gasteiger partial charge in [-0.1, -0.05) is 17.7 Å². The van der Waals surface area contributed by atoms with Crippen molar-refractivity contribution >= 4 is 11.6 Å². The summed E-state index contributed by atoms with van der Waals surface area (Å²) in [6, 6.07) is 1.27. The van der Waals surface area contributed by atoms with Gasteiger partial charge in [0.2, 0.25) is 0 Å². The maximum atomic E-state index is 11.0. The summed E-state index contributed by atoms with van der Waals surface area (Å²) in [5, 5.41) is 0.218. The Morgan fingerprint density at radius 2 is 2.55 bits per heavy atom. The third-order valence-electron chi connectivity index (χ3n) is 1.17. The van der Waals surface area contributed by atoms with Gasteiger partial charge in [-0.15, -0.1) is 6.58 Å². The lowest BCUT2D eigenvalue weighted by Crippen LogP contribution is -2.18. The summed E-state index contributed by atoms with van der Waals surface area (Å²) in [4.78, 5) is 14.8. The lowest BCUT2D eigenvalue weighted by Gasteiger charge is -1.98. The first-order chi connectivity index (χ1) is 5.24. The van der Waals surface area contributed by atoms with Gasteiger partial charge in [-0.25, -0.2) is 4.98 Å². The largest absolute Gasteiger partial charge is 0.295 e. The van der Waals surface area contributed by atoms with Crippen LogP contribution in [0.15, 0.2) is 29.8 Å². The number of aromatic nitrogens is 2. The van der Waals surface area contributed by atoms with E-state index in [0.29, 0.717) is 6.54 Å². The Labute approximate surface area is 69.0 Å². The van der Waals surface area contributed by atoms with E-state index >= 15 is 0 Å². The van der Waals surface area contributed by atoms with E-state index in [2.05, 4.69) is 11.6 Å². The Bertz CT molecular complexity index is 318. The van der Waals surface area contributed by atoms with Crippen molar-refractivity contribution in [3.63, 3.8) is 0 Å². The maximum Gasteiger partial charge on any atom is 0.255 e. The third kappa shape index (κ3) is 1.91. The van der Waals surface area contributed by atoms with Crippen LogP contribution in [0.3, 0.4) is 0 Å². The lowest BCUT2D eigenvalue weighted by molar-refractivity contribution is 0.754. The van der Waals surface area contributed by atoms with Crippen LogP contribution in [0, 0.1) is 0 Å². The van der Waals surface area contributed by atoms with Crippen molar-refractivity contribution in [1.82, 2.24) is 9.55 Å². The SMILES string of the molecule is C=CCn1cnc(Cl)cc1=O. The molecule has 0 saturated carbocycles. The molecular formula is C7H7ClN2O. The molecular weight excluding hydrogens is 164 g/mol. The number of rotatable bonds is 2. The monoisotopic (exact) mass is 170 g/mol. The molecule has 0 bridgehead atoms. The molecule has 0 fully saturated rings. The molecule has 0 amide bonds. The van der Waals surface area contributed by atoms with Gasteiger partial charge in [0.15, 0.2) is 0 Å². The van der Waals surface area contributed by atoms with E-state index in [1.807, 2.05) is 0 Å². The highest BCUT2D eigenvalue weighted by Crippen LogP contribution is 1.95. The van der Waals surface area contributed by atoms with Gasteiger partial charge in [0.1, 0.15) is 5.15 Å². The molecule has 1 rings (SSSR count). The van der Waals surface area contributed by atoms with E-state index < -0.39 is 0 Å². The van der Waals surface area contributed by atoms with Crippen LogP contribution < -0.4 is 5.56 Å². The summed E-state index contributed by atoms with van der Waals surface area (Å²) < 4.78 is 1.42. The van der Waals surface area contributed by atoms with E-state index in [9.17, 15) is 4.79 Å². The van der Waals surface area contributed by atoms with E-state index in [4.69, 9.17) is 11.6 Å². The lowest BCUT2D eigenvalue weighted by atomic mass is 10.5. The predicted molar refractivity (Wildman–Crippen MR) is 43.7 cm³/mol. The van der Waals surface area contributed by atoms with E-state index in [1.54, 1.807) is 6.08 Å². The number of nitrogens with zero attached hydrogens (tertiary/aromatic N) is 2. The van der Waals surface area contributed by atoms with Gasteiger partial charge in [0.25, 0.3) is 5.56 Å². The summed E-state index contributed by atoms with van der Waals surface area (Å²) in [7, 11) is 0. The van der Waals surface area contributed by atoms with Gasteiger partial charge in [-0.2, -0.15) is 0 Å². The Balaban J connectivity index is 3.09. The van der Waals surface area contributed by atoms with Crippen molar-refractivity contribution in [2.45, 2.75) is 6.54 Å². The minimum atomic E-state index is -0.162. The van der Waals surface area contributed by atoms with Crippen LogP contribution in [0.1, 0.15) is 0 Å². The van der Waals surface area contributed by atoms with Gasteiger partial charge in [0, 0.05) is 12.6 Å². The molecule has 0 unspecified atom stereocenters. The zero-order valence-electron chi connectivity index (χ0n) is 5.83. The van der Waals surface area contributed by atoms with Crippen LogP contribution in [0.5, 0.6) is 0 Å². The second-order valence-corrected chi connectivity index (χ2v) is 2.38. The van der Waals surface area contributed by atoms with Gasteiger partial charge < -0.3 is 0 Å². The molecule has 0 spiro atoms. The number of allylic oxidation sites excluding steroid dienone is 1. The molecule has 0 aromatic carbocycles. The quantitative estimate of drug-likeness (QED) is 0.492. The van der Waals surface area contributed by atoms with Crippen molar-refractivity contribution in [2.24, 2.45) is 0 Å². The van der Waals surface area contributed by atoms with Crippen LogP contribution in [-0.4, -0.2) is 9.55 Å². The maximum absolute atomic E-state index is 11.0. The average Bonchev–Trinajstić information content (AvgIpc) is 1.95. The molecule has 0 aliphatic heterocycles. The highest BCUT2D eigenvalue weighted by molar-refractivity contribution is 6.29. The first-order valence-corrected chi connectivity index (χ1v) is 3.44. The van der Waals surface area contributed by atoms with Crippen LogP contribution in [0.2, 0.25) is 5.15 Å². The topological polar surface area (TPSA) is 34.9 Å². The minimum absolute atomic E-state index is 0.162. The summed E-state index contributed by atoms with van der Waals surface area (Å²) in [5.74, 6) is 0. The number of hydrogen-bond donors (Lipinski definition) is 0. The van der Waals surface area contributed by atoms with Gasteiger partial charge in [0.05, 0.1) is 6.33 Å². The molecule has 58 valence electrons. The first-order valence-electron chi connectivity index (χ1n) is 3.07. The number of hydrogen-bond acceptors (Lipinski definition) is 2. The molecule has 0 atom stereocenters. The van der Waals surface area contributed by atoms with Crippen molar-refractivity contribution in [3.05, 3.63) is 40.6 Å². The predicted octanol–water partition coefficient (Wildman–Crippen LogP) is 1.08. The Kier molecular flexibility index (Phi) is 2.44. The molecule has 1 heterocycles. The molecule has 0 N–H and O–H groups in total. The fourth-order valence-corrected chi connectivity index (χ4v) is 0.817. The van der Waals surface area contributed by atoms with Crippen molar-refractivity contribution in [2.75, 3.05) is 0 Å². The van der Waals surface area contributed by atoms with E-state index in [0.717, 1.165) is 0 Å². The molecule has 0 aliphatic carbocycles. The molecule has 11 heavy (non-hydrogen) atoms. The summed E-state index contributed by atoms with van der Waals surface area (Å²) in [6.07, 6.45) is 3.02. The number of halogens is 1. The van der Waals surface area contributed by atoms with Crippen molar-refractivity contribution in [1.29, 1.82) is 0 Å². The van der Waals surface area contributed by atoms with E-state index in [1.165, 1.54) is 17.0 Å². The second kappa shape index (κ2) is 3.34. The minimum Gasteiger partial charge on any atom is -0.295 e. The molecule has 3 nitrogen and oxygen atoms in total. The van der Waals surface area contributed by atoms with Crippen molar-refractivity contribution < 1.29 is 0 Å². The summed E-state index contributed by atoms with van der Waals surface area (Å²) in [6.45, 7) is 3.96. The Morgan fingerprint density at radius 1 is 1.82 bits per heavy atom. The summed E-state index contributed by atoms with van der Waals surface area (Å²) in [5.41, 5.74) is -0.162. The van der Waals surface area contributed by atoms with Crippen LogP contribution in [0.4, 0.5) is 0 Å². The van der Waals surface area contributed by atoms with Crippen molar-refractivity contribution in [3.8, 4) is 0 Å². The Morgan fingerprint density at radius 3 is 3.09 bits per heavy atom. The second-order valence-electron chi connectivity index (χ2n) is 1.99. The van der Waals surface area contributed by atoms with Crippen LogP contribution in [0.25, 0.3) is 0 Å². The zero-order chi connectivity index (χ0) is 8.27. The molecule has 1 aromatic heterocycles. The average molecular weight is 171 g/mol. The zero-order valence-corrected chi connectivity index (χ0v) is 6.58. The standard InChI is InChI=1S/C7H7ClN2O/c1-2-3-10-5-9-6(8)4-7(10)11/h2,4-5H,1,3H2. The first kappa shape index (κ1) is 8.01. The van der Waals surface area contributed by atoms with Gasteiger partial charge >= 0.3 is 0 Å². The van der Waals surface area contributed by atoms with Gasteiger partial charge in [-0.05, 0) is 0 Å². The molecule has 0 aliphatic rings. The molecule has 0 radical (unpaired) electrons. The smallest absolute Gasteiger partial charge is 0.255 e. The highest BCUT2D eigenvalue weighted by atomic mass is 35.5. The third-order valence-corrected chi connectivity index (χ3v) is 1.38.